The summed E-state index contributed by atoms with van der Waals surface area (Å²) in [5, 5.41) is 7.52. The largest absolute Gasteiger partial charge is 0.454 e. The predicted octanol–water partition coefficient (Wildman–Crippen LogP) is 5.78. The molecule has 1 unspecified atom stereocenters. The quantitative estimate of drug-likeness (QED) is 0.461. The first-order valence-corrected chi connectivity index (χ1v) is 10.3. The van der Waals surface area contributed by atoms with Crippen molar-refractivity contribution in [1.29, 1.82) is 0 Å². The third-order valence-corrected chi connectivity index (χ3v) is 5.22. The fraction of sp³-hybridized carbons (Fsp3) is 0.364. The number of carbonyl (C=O) groups excluding carboxylic acids is 1. The van der Waals surface area contributed by atoms with Gasteiger partial charge in [0, 0.05) is 17.1 Å². The molecule has 6 nitrogen and oxygen atoms in total. The lowest BCUT2D eigenvalue weighted by Gasteiger charge is -2.15. The summed E-state index contributed by atoms with van der Waals surface area (Å²) in [6.45, 7) is 4.88. The SMILES string of the molecule is CCCCC(CC)CNC(=O)c1c(-c2ccc(-c3cccc(Cl)c3)o2)noc1N. The van der Waals surface area contributed by atoms with E-state index in [4.69, 9.17) is 26.3 Å². The molecule has 3 rings (SSSR count). The summed E-state index contributed by atoms with van der Waals surface area (Å²) in [6, 6.07) is 10.9. The molecule has 0 aliphatic rings. The molecule has 29 heavy (non-hydrogen) atoms. The molecular formula is C22H26ClN3O3. The average Bonchev–Trinajstić information content (AvgIpc) is 3.34. The molecule has 1 atom stereocenters. The topological polar surface area (TPSA) is 94.3 Å². The highest BCUT2D eigenvalue weighted by molar-refractivity contribution is 6.30. The zero-order valence-electron chi connectivity index (χ0n) is 16.7. The molecule has 0 radical (unpaired) electrons. The second kappa shape index (κ2) is 9.65. The number of aromatic nitrogens is 1. The number of anilines is 1. The van der Waals surface area contributed by atoms with Gasteiger partial charge < -0.3 is 20.0 Å². The first-order chi connectivity index (χ1) is 14.0. The molecule has 3 aromatic rings. The van der Waals surface area contributed by atoms with Crippen molar-refractivity contribution in [2.24, 2.45) is 5.92 Å². The van der Waals surface area contributed by atoms with Crippen LogP contribution in [0.1, 0.15) is 49.9 Å². The molecule has 0 saturated heterocycles. The number of hydrogen-bond acceptors (Lipinski definition) is 5. The van der Waals surface area contributed by atoms with Crippen molar-refractivity contribution in [3.63, 3.8) is 0 Å². The number of nitrogens with two attached hydrogens (primary N) is 1. The van der Waals surface area contributed by atoms with Crippen molar-refractivity contribution in [3.8, 4) is 22.8 Å². The van der Waals surface area contributed by atoms with E-state index in [0.29, 0.717) is 29.0 Å². The molecule has 1 amide bonds. The third-order valence-electron chi connectivity index (χ3n) is 4.99. The maximum absolute atomic E-state index is 12.8. The number of unbranched alkanes of at least 4 members (excludes halogenated alkanes) is 1. The Morgan fingerprint density at radius 1 is 1.24 bits per heavy atom. The summed E-state index contributed by atoms with van der Waals surface area (Å²) in [7, 11) is 0. The number of benzene rings is 1. The zero-order chi connectivity index (χ0) is 20.8. The molecule has 0 aliphatic heterocycles. The van der Waals surface area contributed by atoms with Crippen molar-refractivity contribution in [1.82, 2.24) is 10.5 Å². The van der Waals surface area contributed by atoms with Crippen LogP contribution < -0.4 is 11.1 Å². The standard InChI is InChI=1S/C22H26ClN3O3/c1-3-5-7-14(4-2)13-25-22(27)19-20(26-29-21(19)24)18-11-10-17(28-18)15-8-6-9-16(23)12-15/h6,8-12,14H,3-5,7,13,24H2,1-2H3,(H,25,27). The minimum atomic E-state index is -0.311. The van der Waals surface area contributed by atoms with Crippen molar-refractivity contribution < 1.29 is 13.7 Å². The van der Waals surface area contributed by atoms with Gasteiger partial charge in [0.05, 0.1) is 0 Å². The molecule has 3 N–H and O–H groups in total. The van der Waals surface area contributed by atoms with E-state index in [1.54, 1.807) is 24.3 Å². The summed E-state index contributed by atoms with van der Waals surface area (Å²) in [6.07, 6.45) is 4.38. The minimum Gasteiger partial charge on any atom is -0.454 e. The summed E-state index contributed by atoms with van der Waals surface area (Å²) >= 11 is 6.05. The van der Waals surface area contributed by atoms with Gasteiger partial charge in [0.1, 0.15) is 11.3 Å². The van der Waals surface area contributed by atoms with Gasteiger partial charge in [-0.2, -0.15) is 0 Å². The van der Waals surface area contributed by atoms with Gasteiger partial charge in [0.2, 0.25) is 5.88 Å². The van der Waals surface area contributed by atoms with Gasteiger partial charge in [0.15, 0.2) is 11.5 Å². The number of nitrogens with one attached hydrogen (secondary N) is 1. The normalized spacial score (nSPS) is 12.1. The van der Waals surface area contributed by atoms with E-state index in [9.17, 15) is 4.79 Å². The number of furan rings is 1. The van der Waals surface area contributed by atoms with E-state index in [-0.39, 0.29) is 23.0 Å². The number of hydrogen-bond donors (Lipinski definition) is 2. The highest BCUT2D eigenvalue weighted by Crippen LogP contribution is 2.32. The first kappa shape index (κ1) is 21.0. The molecule has 1 aromatic carbocycles. The molecule has 154 valence electrons. The number of nitrogens with zero attached hydrogens (tertiary/aromatic N) is 1. The Labute approximate surface area is 175 Å². The Hall–Kier alpha value is -2.73. The fourth-order valence-corrected chi connectivity index (χ4v) is 3.41. The Morgan fingerprint density at radius 2 is 2.03 bits per heavy atom. The molecule has 0 spiro atoms. The van der Waals surface area contributed by atoms with E-state index in [1.165, 1.54) is 0 Å². The Bertz CT molecular complexity index is 964. The third kappa shape index (κ3) is 5.01. The smallest absolute Gasteiger partial charge is 0.259 e. The van der Waals surface area contributed by atoms with Crippen molar-refractivity contribution in [3.05, 3.63) is 47.0 Å². The van der Waals surface area contributed by atoms with Gasteiger partial charge >= 0.3 is 0 Å². The molecule has 0 bridgehead atoms. The van der Waals surface area contributed by atoms with Gasteiger partial charge in [-0.05, 0) is 36.6 Å². The van der Waals surface area contributed by atoms with Gasteiger partial charge in [-0.1, -0.05) is 62.0 Å². The fourth-order valence-electron chi connectivity index (χ4n) is 3.22. The summed E-state index contributed by atoms with van der Waals surface area (Å²) in [5.41, 5.74) is 7.20. The molecule has 2 heterocycles. The van der Waals surface area contributed by atoms with Crippen molar-refractivity contribution in [2.45, 2.75) is 39.5 Å². The van der Waals surface area contributed by atoms with E-state index in [1.807, 2.05) is 12.1 Å². The van der Waals surface area contributed by atoms with Crippen LogP contribution in [0.5, 0.6) is 0 Å². The number of rotatable bonds is 9. The summed E-state index contributed by atoms with van der Waals surface area (Å²) < 4.78 is 11.0. The van der Waals surface area contributed by atoms with Gasteiger partial charge in [-0.3, -0.25) is 4.79 Å². The molecule has 0 fully saturated rings. The molecule has 0 aliphatic carbocycles. The van der Waals surface area contributed by atoms with E-state index >= 15 is 0 Å². The van der Waals surface area contributed by atoms with Crippen LogP contribution in [0, 0.1) is 5.92 Å². The van der Waals surface area contributed by atoms with Crippen LogP contribution >= 0.6 is 11.6 Å². The van der Waals surface area contributed by atoms with Crippen LogP contribution in [0.4, 0.5) is 5.88 Å². The molecular weight excluding hydrogens is 390 g/mol. The number of carbonyl (C=O) groups is 1. The van der Waals surface area contributed by atoms with Gasteiger partial charge in [-0.25, -0.2) is 0 Å². The Balaban J connectivity index is 1.78. The minimum absolute atomic E-state index is 0.0280. The highest BCUT2D eigenvalue weighted by atomic mass is 35.5. The van der Waals surface area contributed by atoms with Crippen molar-refractivity contribution in [2.75, 3.05) is 12.3 Å². The van der Waals surface area contributed by atoms with Crippen molar-refractivity contribution >= 4 is 23.4 Å². The summed E-state index contributed by atoms with van der Waals surface area (Å²) in [5.74, 6) is 1.11. The molecule has 2 aromatic heterocycles. The maximum atomic E-state index is 12.8. The first-order valence-electron chi connectivity index (χ1n) is 9.92. The van der Waals surface area contributed by atoms with Crippen LogP contribution in [0.15, 0.2) is 45.3 Å². The second-order valence-corrected chi connectivity index (χ2v) is 7.51. The maximum Gasteiger partial charge on any atom is 0.259 e. The van der Waals surface area contributed by atoms with Gasteiger partial charge in [-0.15, -0.1) is 0 Å². The highest BCUT2D eigenvalue weighted by Gasteiger charge is 2.25. The Morgan fingerprint density at radius 3 is 2.76 bits per heavy atom. The van der Waals surface area contributed by atoms with Gasteiger partial charge in [0.25, 0.3) is 5.91 Å². The van der Waals surface area contributed by atoms with Crippen LogP contribution in [0.25, 0.3) is 22.8 Å². The lowest BCUT2D eigenvalue weighted by Crippen LogP contribution is -2.29. The number of nitrogen functional groups attached to an aromatic ring is 1. The predicted molar refractivity (Wildman–Crippen MR) is 115 cm³/mol. The van der Waals surface area contributed by atoms with E-state index in [0.717, 1.165) is 31.2 Å². The van der Waals surface area contributed by atoms with Crippen LogP contribution in [-0.4, -0.2) is 17.6 Å². The van der Waals surface area contributed by atoms with E-state index in [2.05, 4.69) is 24.3 Å². The summed E-state index contributed by atoms with van der Waals surface area (Å²) in [4.78, 5) is 12.8. The number of amides is 1. The van der Waals surface area contributed by atoms with Crippen LogP contribution in [-0.2, 0) is 0 Å². The monoisotopic (exact) mass is 415 g/mol. The van der Waals surface area contributed by atoms with E-state index < -0.39 is 0 Å². The zero-order valence-corrected chi connectivity index (χ0v) is 17.5. The number of halogens is 1. The molecule has 0 saturated carbocycles. The van der Waals surface area contributed by atoms with Crippen LogP contribution in [0.2, 0.25) is 5.02 Å². The second-order valence-electron chi connectivity index (χ2n) is 7.07. The molecule has 7 heteroatoms. The lowest BCUT2D eigenvalue weighted by molar-refractivity contribution is 0.0946. The Kier molecular flexibility index (Phi) is 6.99. The lowest BCUT2D eigenvalue weighted by atomic mass is 9.99. The van der Waals surface area contributed by atoms with Crippen LogP contribution in [0.3, 0.4) is 0 Å². The average molecular weight is 416 g/mol.